The summed E-state index contributed by atoms with van der Waals surface area (Å²) < 4.78 is 8.88. The summed E-state index contributed by atoms with van der Waals surface area (Å²) in [7, 11) is -4.64. The molecular weight excluding hydrogens is 379 g/mol. The Labute approximate surface area is 161 Å². The zero-order valence-electron chi connectivity index (χ0n) is 16.4. The number of phosphoric acid groups is 1. The van der Waals surface area contributed by atoms with Crippen molar-refractivity contribution in [2.24, 2.45) is 0 Å². The SMILES string of the molecule is CC=C(CCCCCCCC)OOOOOC1CCCCC1.O=P(O)(O)O. The summed E-state index contributed by atoms with van der Waals surface area (Å²) >= 11 is 0. The van der Waals surface area contributed by atoms with E-state index in [0.717, 1.165) is 31.4 Å². The Morgan fingerprint density at radius 2 is 1.56 bits per heavy atom. The van der Waals surface area contributed by atoms with Gasteiger partial charge in [-0.05, 0) is 37.3 Å². The second-order valence-electron chi connectivity index (χ2n) is 6.43. The van der Waals surface area contributed by atoms with Gasteiger partial charge in [-0.15, -0.1) is 0 Å². The largest absolute Gasteiger partial charge is 0.466 e. The van der Waals surface area contributed by atoms with E-state index in [4.69, 9.17) is 29.0 Å². The molecule has 10 heteroatoms. The molecule has 1 aliphatic rings. The first kappa shape index (κ1) is 26.5. The minimum Gasteiger partial charge on any atom is -0.311 e. The highest BCUT2D eigenvalue weighted by molar-refractivity contribution is 7.45. The highest BCUT2D eigenvalue weighted by Crippen LogP contribution is 2.25. The summed E-state index contributed by atoms with van der Waals surface area (Å²) in [5.41, 5.74) is 0. The third kappa shape index (κ3) is 21.6. The van der Waals surface area contributed by atoms with Crippen LogP contribution in [0.2, 0.25) is 0 Å². The van der Waals surface area contributed by atoms with Crippen molar-refractivity contribution < 1.29 is 44.1 Å². The van der Waals surface area contributed by atoms with E-state index in [9.17, 15) is 0 Å². The number of rotatable bonds is 13. The van der Waals surface area contributed by atoms with Gasteiger partial charge in [0.05, 0.1) is 6.10 Å². The molecule has 0 aromatic carbocycles. The molecule has 27 heavy (non-hydrogen) atoms. The van der Waals surface area contributed by atoms with E-state index in [1.54, 1.807) is 0 Å². The van der Waals surface area contributed by atoms with E-state index >= 15 is 0 Å². The summed E-state index contributed by atoms with van der Waals surface area (Å²) in [5, 5.41) is 13.6. The van der Waals surface area contributed by atoms with Crippen LogP contribution in [0.5, 0.6) is 0 Å². The molecule has 0 amide bonds. The summed E-state index contributed by atoms with van der Waals surface area (Å²) in [6.45, 7) is 4.14. The first-order valence-corrected chi connectivity index (χ1v) is 11.2. The maximum Gasteiger partial charge on any atom is 0.466 e. The van der Waals surface area contributed by atoms with Gasteiger partial charge in [0.2, 0.25) is 0 Å². The first-order valence-electron chi connectivity index (χ1n) is 9.63. The van der Waals surface area contributed by atoms with Crippen molar-refractivity contribution in [2.75, 3.05) is 0 Å². The van der Waals surface area contributed by atoms with Crippen LogP contribution in [0.15, 0.2) is 11.8 Å². The van der Waals surface area contributed by atoms with Crippen LogP contribution in [-0.4, -0.2) is 20.8 Å². The third-order valence-corrected chi connectivity index (χ3v) is 4.02. The molecule has 1 saturated carbocycles. The minimum absolute atomic E-state index is 0.0988. The summed E-state index contributed by atoms with van der Waals surface area (Å²) in [6, 6.07) is 0. The van der Waals surface area contributed by atoms with Crippen molar-refractivity contribution in [3.63, 3.8) is 0 Å². The molecule has 0 saturated heterocycles. The van der Waals surface area contributed by atoms with E-state index < -0.39 is 7.82 Å². The minimum atomic E-state index is -4.64. The number of hydrogen-bond acceptors (Lipinski definition) is 6. The predicted octanol–water partition coefficient (Wildman–Crippen LogP) is 4.79. The Bertz CT molecular complexity index is 397. The molecule has 0 unspecified atom stereocenters. The molecular formula is C17H35O9P. The average molecular weight is 414 g/mol. The molecule has 9 nitrogen and oxygen atoms in total. The van der Waals surface area contributed by atoms with Crippen molar-refractivity contribution in [3.05, 3.63) is 11.8 Å². The smallest absolute Gasteiger partial charge is 0.311 e. The molecule has 3 N–H and O–H groups in total. The fourth-order valence-corrected chi connectivity index (χ4v) is 2.62. The average Bonchev–Trinajstić information content (AvgIpc) is 2.62. The van der Waals surface area contributed by atoms with Crippen LogP contribution in [0.4, 0.5) is 0 Å². The molecule has 0 radical (unpaired) electrons. The second kappa shape index (κ2) is 17.6. The van der Waals surface area contributed by atoms with Gasteiger partial charge in [0.15, 0.2) is 0 Å². The van der Waals surface area contributed by atoms with Gasteiger partial charge in [-0.25, -0.2) is 9.45 Å². The van der Waals surface area contributed by atoms with Gasteiger partial charge in [-0.3, -0.25) is 0 Å². The van der Waals surface area contributed by atoms with E-state index in [1.807, 2.05) is 13.0 Å². The zero-order chi connectivity index (χ0) is 20.4. The van der Waals surface area contributed by atoms with E-state index in [2.05, 4.69) is 22.0 Å². The van der Waals surface area contributed by atoms with Gasteiger partial charge in [-0.1, -0.05) is 58.3 Å². The summed E-state index contributed by atoms with van der Waals surface area (Å²) in [5.74, 6) is 0.747. The van der Waals surface area contributed by atoms with E-state index in [0.29, 0.717) is 0 Å². The zero-order valence-corrected chi connectivity index (χ0v) is 17.3. The molecule has 0 spiro atoms. The van der Waals surface area contributed by atoms with Gasteiger partial charge in [-0.2, -0.15) is 0 Å². The van der Waals surface area contributed by atoms with Crippen LogP contribution < -0.4 is 0 Å². The molecule has 0 aromatic rings. The molecule has 162 valence electrons. The Hall–Kier alpha value is -0.510. The van der Waals surface area contributed by atoms with E-state index in [-0.39, 0.29) is 6.10 Å². The van der Waals surface area contributed by atoms with Crippen LogP contribution >= 0.6 is 7.82 Å². The molecule has 1 rings (SSSR count). The topological polar surface area (TPSA) is 124 Å². The Morgan fingerprint density at radius 3 is 2.15 bits per heavy atom. The molecule has 0 bridgehead atoms. The molecule has 0 atom stereocenters. The molecule has 0 aliphatic heterocycles. The highest BCUT2D eigenvalue weighted by atomic mass is 31.2. The fourth-order valence-electron chi connectivity index (χ4n) is 2.62. The maximum atomic E-state index is 8.88. The standard InChI is InChI=1S/C17H32O5.H3O4P/c1-3-5-6-7-8-10-13-16(4-2)18-20-22-21-19-17-14-11-9-12-15-17;1-5(2,3)4/h4,17H,3,5-15H2,1-2H3;(H3,1,2,3,4). The quantitative estimate of drug-likeness (QED) is 0.128. The first-order chi connectivity index (χ1) is 12.9. The molecule has 0 aromatic heterocycles. The van der Waals surface area contributed by atoms with Crippen LogP contribution in [0.25, 0.3) is 0 Å². The van der Waals surface area contributed by atoms with E-state index in [1.165, 1.54) is 51.4 Å². The number of hydrogen-bond donors (Lipinski definition) is 3. The summed E-state index contributed by atoms with van der Waals surface area (Å²) in [6.07, 6.45) is 15.9. The van der Waals surface area contributed by atoms with Gasteiger partial charge in [0.25, 0.3) is 0 Å². The number of unbranched alkanes of at least 4 members (excludes halogenated alkanes) is 5. The van der Waals surface area contributed by atoms with Crippen molar-refractivity contribution >= 4 is 7.82 Å². The highest BCUT2D eigenvalue weighted by Gasteiger charge is 2.15. The van der Waals surface area contributed by atoms with Crippen molar-refractivity contribution in [3.8, 4) is 0 Å². The Kier molecular flexibility index (Phi) is 17.2. The molecule has 1 fully saturated rings. The fraction of sp³-hybridized carbons (Fsp3) is 0.882. The Morgan fingerprint density at radius 1 is 0.963 bits per heavy atom. The van der Waals surface area contributed by atoms with Crippen molar-refractivity contribution in [1.29, 1.82) is 0 Å². The van der Waals surface area contributed by atoms with Crippen molar-refractivity contribution in [2.45, 2.75) is 97.0 Å². The van der Waals surface area contributed by atoms with Crippen LogP contribution in [0, 0.1) is 0 Å². The van der Waals surface area contributed by atoms with Crippen LogP contribution in [0.3, 0.4) is 0 Å². The Balaban J connectivity index is 0.00000119. The lowest BCUT2D eigenvalue weighted by Crippen LogP contribution is -2.17. The molecule has 0 heterocycles. The van der Waals surface area contributed by atoms with Crippen molar-refractivity contribution in [1.82, 2.24) is 0 Å². The van der Waals surface area contributed by atoms with Gasteiger partial charge in [0, 0.05) is 16.5 Å². The summed E-state index contributed by atoms with van der Waals surface area (Å²) in [4.78, 5) is 31.7. The third-order valence-electron chi connectivity index (χ3n) is 4.02. The van der Waals surface area contributed by atoms with Gasteiger partial charge >= 0.3 is 7.82 Å². The predicted molar refractivity (Wildman–Crippen MR) is 98.3 cm³/mol. The van der Waals surface area contributed by atoms with Crippen LogP contribution in [-0.2, 0) is 29.5 Å². The monoisotopic (exact) mass is 414 g/mol. The lowest BCUT2D eigenvalue weighted by molar-refractivity contribution is -0.708. The maximum absolute atomic E-state index is 8.88. The second-order valence-corrected chi connectivity index (χ2v) is 7.46. The number of allylic oxidation sites excluding steroid dienone is 2. The lowest BCUT2D eigenvalue weighted by Gasteiger charge is -2.18. The lowest BCUT2D eigenvalue weighted by atomic mass is 9.98. The van der Waals surface area contributed by atoms with Crippen LogP contribution in [0.1, 0.15) is 90.9 Å². The van der Waals surface area contributed by atoms with Gasteiger partial charge in [0.1, 0.15) is 5.76 Å². The van der Waals surface area contributed by atoms with Gasteiger partial charge < -0.3 is 19.6 Å². The molecule has 1 aliphatic carbocycles. The normalized spacial score (nSPS) is 16.0.